The van der Waals surface area contributed by atoms with Crippen LogP contribution in [0.1, 0.15) is 31.4 Å². The van der Waals surface area contributed by atoms with E-state index in [-0.39, 0.29) is 11.8 Å². The molecule has 2 aromatic carbocycles. The minimum absolute atomic E-state index is 0.154. The van der Waals surface area contributed by atoms with Crippen molar-refractivity contribution in [1.29, 1.82) is 0 Å². The number of ether oxygens (including phenoxy) is 1. The number of methoxy groups -OCH3 is 1. The molecule has 1 aliphatic heterocycles. The first-order valence-electron chi connectivity index (χ1n) is 9.74. The highest BCUT2D eigenvalue weighted by Gasteiger charge is 2.40. The largest absolute Gasteiger partial charge is 0.497 e. The summed E-state index contributed by atoms with van der Waals surface area (Å²) >= 11 is 0. The van der Waals surface area contributed by atoms with Crippen molar-refractivity contribution >= 4 is 17.5 Å². The Balaban J connectivity index is 1.63. The lowest BCUT2D eigenvalue weighted by Crippen LogP contribution is -2.51. The number of hydrogen-bond acceptors (Lipinski definition) is 3. The van der Waals surface area contributed by atoms with E-state index in [4.69, 9.17) is 4.74 Å². The van der Waals surface area contributed by atoms with Gasteiger partial charge in [-0.25, -0.2) is 0 Å². The van der Waals surface area contributed by atoms with Gasteiger partial charge in [-0.2, -0.15) is 0 Å². The maximum Gasteiger partial charge on any atom is 0.242 e. The first kappa shape index (κ1) is 19.9. The van der Waals surface area contributed by atoms with Crippen molar-refractivity contribution in [3.63, 3.8) is 0 Å². The topological polar surface area (TPSA) is 58.6 Å². The normalized spacial score (nSPS) is 13.6. The Kier molecular flexibility index (Phi) is 6.02. The van der Waals surface area contributed by atoms with Crippen molar-refractivity contribution in [3.05, 3.63) is 59.7 Å². The fraction of sp³-hybridized carbons (Fsp3) is 0.391. The Morgan fingerprint density at radius 2 is 1.93 bits per heavy atom. The third kappa shape index (κ3) is 4.19. The molecule has 0 fully saturated rings. The predicted molar refractivity (Wildman–Crippen MR) is 111 cm³/mol. The van der Waals surface area contributed by atoms with Gasteiger partial charge in [0.05, 0.1) is 7.11 Å². The van der Waals surface area contributed by atoms with Crippen molar-refractivity contribution in [3.8, 4) is 5.75 Å². The fourth-order valence-corrected chi connectivity index (χ4v) is 3.55. The highest BCUT2D eigenvalue weighted by Crippen LogP contribution is 2.31. The number of hydrogen-bond donors (Lipinski definition) is 1. The number of nitrogens with one attached hydrogen (secondary N) is 1. The van der Waals surface area contributed by atoms with E-state index in [1.807, 2.05) is 42.5 Å². The second kappa shape index (κ2) is 8.46. The molecule has 0 bridgehead atoms. The lowest BCUT2D eigenvalue weighted by atomic mass is 9.88. The van der Waals surface area contributed by atoms with Gasteiger partial charge in [0.2, 0.25) is 11.8 Å². The van der Waals surface area contributed by atoms with Gasteiger partial charge < -0.3 is 15.0 Å². The summed E-state index contributed by atoms with van der Waals surface area (Å²) in [6.45, 7) is 4.52. The van der Waals surface area contributed by atoms with Crippen molar-refractivity contribution < 1.29 is 14.3 Å². The number of carbonyl (C=O) groups excluding carboxylic acids is 2. The summed E-state index contributed by atoms with van der Waals surface area (Å²) < 4.78 is 5.23. The number of fused-ring (bicyclic) bond motifs is 1. The van der Waals surface area contributed by atoms with Gasteiger partial charge in [-0.1, -0.05) is 30.3 Å². The second-order valence-corrected chi connectivity index (χ2v) is 7.67. The molecule has 1 N–H and O–H groups in total. The van der Waals surface area contributed by atoms with Gasteiger partial charge in [-0.15, -0.1) is 0 Å². The lowest BCUT2D eigenvalue weighted by molar-refractivity contribution is -0.139. The molecule has 0 radical (unpaired) electrons. The Morgan fingerprint density at radius 1 is 1.14 bits per heavy atom. The van der Waals surface area contributed by atoms with Gasteiger partial charge >= 0.3 is 0 Å². The predicted octanol–water partition coefficient (Wildman–Crippen LogP) is 3.36. The molecule has 0 atom stereocenters. The first-order valence-corrected chi connectivity index (χ1v) is 9.74. The quantitative estimate of drug-likeness (QED) is 0.782. The van der Waals surface area contributed by atoms with E-state index in [1.54, 1.807) is 25.9 Å². The highest BCUT2D eigenvalue weighted by molar-refractivity contribution is 6.11. The molecule has 1 aliphatic rings. The van der Waals surface area contributed by atoms with Crippen LogP contribution < -0.4 is 15.0 Å². The number of benzene rings is 2. The Bertz CT molecular complexity index is 860. The van der Waals surface area contributed by atoms with Crippen LogP contribution in [0.5, 0.6) is 5.75 Å². The zero-order chi connectivity index (χ0) is 20.1. The Morgan fingerprint density at radius 3 is 2.71 bits per heavy atom. The summed E-state index contributed by atoms with van der Waals surface area (Å²) in [5.41, 5.74) is 2.04. The third-order valence-corrected chi connectivity index (χ3v) is 5.29. The Hall–Kier alpha value is -2.82. The number of aryl methyl sites for hydroxylation is 1. The third-order valence-electron chi connectivity index (χ3n) is 5.29. The van der Waals surface area contributed by atoms with E-state index >= 15 is 0 Å². The van der Waals surface area contributed by atoms with Crippen LogP contribution in [0, 0.1) is 5.41 Å². The molecule has 0 aromatic heterocycles. The molecule has 2 amide bonds. The fourth-order valence-electron chi connectivity index (χ4n) is 3.55. The first-order chi connectivity index (χ1) is 13.4. The maximum absolute atomic E-state index is 13.2. The van der Waals surface area contributed by atoms with Crippen LogP contribution in [-0.4, -0.2) is 32.0 Å². The van der Waals surface area contributed by atoms with Gasteiger partial charge in [0.25, 0.3) is 0 Å². The summed E-state index contributed by atoms with van der Waals surface area (Å²) in [6, 6.07) is 15.7. The molecule has 0 unspecified atom stereocenters. The molecule has 0 spiro atoms. The number of para-hydroxylation sites is 1. The van der Waals surface area contributed by atoms with Crippen molar-refractivity contribution in [2.45, 2.75) is 33.1 Å². The van der Waals surface area contributed by atoms with Crippen LogP contribution in [0.25, 0.3) is 0 Å². The van der Waals surface area contributed by atoms with E-state index in [1.165, 1.54) is 0 Å². The molecule has 1 heterocycles. The van der Waals surface area contributed by atoms with Crippen LogP contribution in [-0.2, 0) is 22.4 Å². The Labute approximate surface area is 166 Å². The molecule has 5 heteroatoms. The van der Waals surface area contributed by atoms with Gasteiger partial charge in [-0.05, 0) is 62.4 Å². The minimum Gasteiger partial charge on any atom is -0.497 e. The van der Waals surface area contributed by atoms with Gasteiger partial charge in [0, 0.05) is 18.8 Å². The molecule has 0 saturated heterocycles. The molecule has 148 valence electrons. The number of rotatable bonds is 6. The number of nitrogens with zero attached hydrogens (tertiary/aromatic N) is 1. The van der Waals surface area contributed by atoms with E-state index in [0.29, 0.717) is 19.5 Å². The standard InChI is InChI=1S/C23H28N2O3/c1-23(2,21(26)24-14-13-17-8-6-11-19(16-17)28-3)22(27)25-15-7-10-18-9-4-5-12-20(18)25/h4-6,8-9,11-12,16H,7,10,13-15H2,1-3H3,(H,24,26). The summed E-state index contributed by atoms with van der Waals surface area (Å²) in [5, 5.41) is 2.93. The van der Waals surface area contributed by atoms with E-state index in [2.05, 4.69) is 11.4 Å². The van der Waals surface area contributed by atoms with E-state index in [0.717, 1.165) is 35.4 Å². The smallest absolute Gasteiger partial charge is 0.242 e. The van der Waals surface area contributed by atoms with Crippen LogP contribution in [0.4, 0.5) is 5.69 Å². The molecule has 0 saturated carbocycles. The lowest BCUT2D eigenvalue weighted by Gasteiger charge is -2.35. The zero-order valence-corrected chi connectivity index (χ0v) is 16.8. The van der Waals surface area contributed by atoms with Crippen LogP contribution in [0.2, 0.25) is 0 Å². The van der Waals surface area contributed by atoms with Crippen molar-refractivity contribution in [2.24, 2.45) is 5.41 Å². The molecule has 3 rings (SSSR count). The summed E-state index contributed by atoms with van der Waals surface area (Å²) in [7, 11) is 1.63. The van der Waals surface area contributed by atoms with Crippen LogP contribution >= 0.6 is 0 Å². The molecular formula is C23H28N2O3. The SMILES string of the molecule is COc1cccc(CCNC(=O)C(C)(C)C(=O)N2CCCc3ccccc32)c1. The van der Waals surface area contributed by atoms with Gasteiger partial charge in [0.15, 0.2) is 0 Å². The average molecular weight is 380 g/mol. The molecular weight excluding hydrogens is 352 g/mol. The molecule has 5 nitrogen and oxygen atoms in total. The van der Waals surface area contributed by atoms with E-state index in [9.17, 15) is 9.59 Å². The highest BCUT2D eigenvalue weighted by atomic mass is 16.5. The van der Waals surface area contributed by atoms with Crippen molar-refractivity contribution in [1.82, 2.24) is 5.32 Å². The summed E-state index contributed by atoms with van der Waals surface area (Å²) in [4.78, 5) is 27.7. The van der Waals surface area contributed by atoms with Gasteiger partial charge in [0.1, 0.15) is 11.2 Å². The number of carbonyl (C=O) groups is 2. The van der Waals surface area contributed by atoms with E-state index < -0.39 is 5.41 Å². The number of anilines is 1. The summed E-state index contributed by atoms with van der Waals surface area (Å²) in [5.74, 6) is 0.394. The molecule has 28 heavy (non-hydrogen) atoms. The van der Waals surface area contributed by atoms with Gasteiger partial charge in [-0.3, -0.25) is 9.59 Å². The van der Waals surface area contributed by atoms with Crippen LogP contribution in [0.3, 0.4) is 0 Å². The second-order valence-electron chi connectivity index (χ2n) is 7.67. The monoisotopic (exact) mass is 380 g/mol. The minimum atomic E-state index is -1.13. The number of amides is 2. The van der Waals surface area contributed by atoms with Crippen molar-refractivity contribution in [2.75, 3.05) is 25.1 Å². The maximum atomic E-state index is 13.2. The summed E-state index contributed by atoms with van der Waals surface area (Å²) in [6.07, 6.45) is 2.56. The molecule has 2 aromatic rings. The molecule has 0 aliphatic carbocycles. The van der Waals surface area contributed by atoms with Crippen LogP contribution in [0.15, 0.2) is 48.5 Å². The zero-order valence-electron chi connectivity index (χ0n) is 16.8. The average Bonchev–Trinajstić information content (AvgIpc) is 2.72.